The van der Waals surface area contributed by atoms with Crippen LogP contribution in [-0.4, -0.2) is 42.4 Å². The summed E-state index contributed by atoms with van der Waals surface area (Å²) in [6, 6.07) is 8.72. The Balaban J connectivity index is 1.97. The zero-order chi connectivity index (χ0) is 17.4. The summed E-state index contributed by atoms with van der Waals surface area (Å²) in [6.07, 6.45) is 2.57. The average molecular weight is 330 g/mol. The van der Waals surface area contributed by atoms with Crippen molar-refractivity contribution in [1.29, 1.82) is 0 Å². The van der Waals surface area contributed by atoms with Gasteiger partial charge in [0.1, 0.15) is 0 Å². The van der Waals surface area contributed by atoms with Gasteiger partial charge in [-0.1, -0.05) is 38.1 Å². The van der Waals surface area contributed by atoms with E-state index in [4.69, 9.17) is 4.99 Å². The standard InChI is InChI=1S/C19H30N4O/c1-4-15-9-7-8-10-16(15)13-21-19(20-6-3)22-17-11-12-23(14-17)18(24)5-2/h7-10,17H,4-6,11-14H2,1-3H3,(H2,20,21,22). The minimum absolute atomic E-state index is 0.234. The van der Waals surface area contributed by atoms with Crippen molar-refractivity contribution < 1.29 is 4.79 Å². The maximum Gasteiger partial charge on any atom is 0.222 e. The van der Waals surface area contributed by atoms with E-state index in [2.05, 4.69) is 48.7 Å². The number of hydrogen-bond donors (Lipinski definition) is 2. The first-order valence-corrected chi connectivity index (χ1v) is 9.07. The molecule has 0 aliphatic carbocycles. The molecule has 1 aliphatic heterocycles. The maximum absolute atomic E-state index is 11.8. The lowest BCUT2D eigenvalue weighted by Crippen LogP contribution is -2.45. The van der Waals surface area contributed by atoms with Crippen LogP contribution < -0.4 is 10.6 Å². The van der Waals surface area contributed by atoms with Crippen LogP contribution in [0.4, 0.5) is 0 Å². The lowest BCUT2D eigenvalue weighted by atomic mass is 10.1. The Morgan fingerprint density at radius 2 is 2.00 bits per heavy atom. The second kappa shape index (κ2) is 9.30. The molecule has 1 atom stereocenters. The monoisotopic (exact) mass is 330 g/mol. The second-order valence-corrected chi connectivity index (χ2v) is 6.14. The quantitative estimate of drug-likeness (QED) is 0.622. The molecule has 1 fully saturated rings. The fourth-order valence-electron chi connectivity index (χ4n) is 3.06. The molecular weight excluding hydrogens is 300 g/mol. The lowest BCUT2D eigenvalue weighted by molar-refractivity contribution is -0.129. The molecule has 132 valence electrons. The predicted molar refractivity (Wildman–Crippen MR) is 99.0 cm³/mol. The van der Waals surface area contributed by atoms with E-state index < -0.39 is 0 Å². The van der Waals surface area contributed by atoms with E-state index >= 15 is 0 Å². The Bertz CT molecular complexity index is 570. The molecule has 24 heavy (non-hydrogen) atoms. The summed E-state index contributed by atoms with van der Waals surface area (Å²) in [5.41, 5.74) is 2.61. The molecule has 0 spiro atoms. The molecule has 5 heteroatoms. The van der Waals surface area contributed by atoms with Crippen molar-refractivity contribution in [3.05, 3.63) is 35.4 Å². The highest BCUT2D eigenvalue weighted by molar-refractivity contribution is 5.80. The van der Waals surface area contributed by atoms with Crippen LogP contribution in [0.1, 0.15) is 44.7 Å². The number of nitrogens with one attached hydrogen (secondary N) is 2. The molecule has 1 aliphatic rings. The van der Waals surface area contributed by atoms with E-state index in [9.17, 15) is 4.79 Å². The SMILES string of the molecule is CCNC(=NCc1ccccc1CC)NC1CCN(C(=O)CC)C1. The molecule has 2 N–H and O–H groups in total. The molecule has 0 aromatic heterocycles. The lowest BCUT2D eigenvalue weighted by Gasteiger charge is -2.18. The molecular formula is C19H30N4O. The van der Waals surface area contributed by atoms with Crippen LogP contribution >= 0.6 is 0 Å². The molecule has 1 aromatic carbocycles. The Hall–Kier alpha value is -2.04. The fraction of sp³-hybridized carbons (Fsp3) is 0.579. The topological polar surface area (TPSA) is 56.7 Å². The second-order valence-electron chi connectivity index (χ2n) is 6.14. The number of carbonyl (C=O) groups excluding carboxylic acids is 1. The number of rotatable bonds is 6. The van der Waals surface area contributed by atoms with Gasteiger partial charge in [-0.05, 0) is 30.9 Å². The summed E-state index contributed by atoms with van der Waals surface area (Å²) >= 11 is 0. The van der Waals surface area contributed by atoms with Crippen LogP contribution in [0.15, 0.2) is 29.3 Å². The minimum atomic E-state index is 0.234. The van der Waals surface area contributed by atoms with Gasteiger partial charge in [0.15, 0.2) is 5.96 Å². The first kappa shape index (κ1) is 18.3. The molecule has 0 saturated carbocycles. The van der Waals surface area contributed by atoms with Gasteiger partial charge in [0.25, 0.3) is 0 Å². The van der Waals surface area contributed by atoms with E-state index in [1.54, 1.807) is 0 Å². The molecule has 5 nitrogen and oxygen atoms in total. The van der Waals surface area contributed by atoms with Crippen LogP contribution in [0.2, 0.25) is 0 Å². The van der Waals surface area contributed by atoms with Gasteiger partial charge < -0.3 is 15.5 Å². The predicted octanol–water partition coefficient (Wildman–Crippen LogP) is 2.32. The van der Waals surface area contributed by atoms with Crippen LogP contribution in [0.5, 0.6) is 0 Å². The number of likely N-dealkylation sites (tertiary alicyclic amines) is 1. The average Bonchev–Trinajstić information content (AvgIpc) is 3.08. The number of aryl methyl sites for hydroxylation is 1. The smallest absolute Gasteiger partial charge is 0.222 e. The Morgan fingerprint density at radius 1 is 1.25 bits per heavy atom. The van der Waals surface area contributed by atoms with Gasteiger partial charge in [-0.25, -0.2) is 4.99 Å². The Kier molecular flexibility index (Phi) is 7.09. The highest BCUT2D eigenvalue weighted by Gasteiger charge is 2.25. The van der Waals surface area contributed by atoms with Crippen LogP contribution in [-0.2, 0) is 17.8 Å². The van der Waals surface area contributed by atoms with Crippen LogP contribution in [0.25, 0.3) is 0 Å². The Labute approximate surface area is 145 Å². The van der Waals surface area contributed by atoms with E-state index in [0.717, 1.165) is 38.4 Å². The van der Waals surface area contributed by atoms with Crippen molar-refractivity contribution in [3.8, 4) is 0 Å². The summed E-state index contributed by atoms with van der Waals surface area (Å²) in [4.78, 5) is 18.5. The van der Waals surface area contributed by atoms with Crippen molar-refractivity contribution in [3.63, 3.8) is 0 Å². The highest BCUT2D eigenvalue weighted by atomic mass is 16.2. The number of amides is 1. The molecule has 0 bridgehead atoms. The summed E-state index contributed by atoms with van der Waals surface area (Å²) in [5, 5.41) is 6.79. The molecule has 2 rings (SSSR count). The molecule has 1 unspecified atom stereocenters. The molecule has 0 radical (unpaired) electrons. The third kappa shape index (κ3) is 4.98. The van der Waals surface area contributed by atoms with Gasteiger partial charge in [-0.2, -0.15) is 0 Å². The van der Waals surface area contributed by atoms with Gasteiger partial charge in [0.05, 0.1) is 6.54 Å². The summed E-state index contributed by atoms with van der Waals surface area (Å²) in [6.45, 7) is 9.25. The van der Waals surface area contributed by atoms with Gasteiger partial charge in [0, 0.05) is 32.1 Å². The number of benzene rings is 1. The highest BCUT2D eigenvalue weighted by Crippen LogP contribution is 2.12. The largest absolute Gasteiger partial charge is 0.357 e. The number of nitrogens with zero attached hydrogens (tertiary/aromatic N) is 2. The van der Waals surface area contributed by atoms with Crippen molar-refractivity contribution in [2.45, 2.75) is 52.6 Å². The summed E-state index contributed by atoms with van der Waals surface area (Å²) < 4.78 is 0. The maximum atomic E-state index is 11.8. The minimum Gasteiger partial charge on any atom is -0.357 e. The Morgan fingerprint density at radius 3 is 2.67 bits per heavy atom. The zero-order valence-corrected chi connectivity index (χ0v) is 15.1. The van der Waals surface area contributed by atoms with Gasteiger partial charge >= 0.3 is 0 Å². The van der Waals surface area contributed by atoms with Crippen molar-refractivity contribution in [2.24, 2.45) is 4.99 Å². The van der Waals surface area contributed by atoms with Crippen molar-refractivity contribution in [2.75, 3.05) is 19.6 Å². The van der Waals surface area contributed by atoms with Gasteiger partial charge in [-0.15, -0.1) is 0 Å². The van der Waals surface area contributed by atoms with Crippen molar-refractivity contribution in [1.82, 2.24) is 15.5 Å². The summed E-state index contributed by atoms with van der Waals surface area (Å²) in [7, 11) is 0. The third-order valence-electron chi connectivity index (χ3n) is 4.44. The number of aliphatic imine (C=N–C) groups is 1. The molecule has 1 aromatic rings. The van der Waals surface area contributed by atoms with E-state index in [0.29, 0.717) is 13.0 Å². The number of hydrogen-bond acceptors (Lipinski definition) is 2. The zero-order valence-electron chi connectivity index (χ0n) is 15.1. The fourth-order valence-corrected chi connectivity index (χ4v) is 3.06. The van der Waals surface area contributed by atoms with Crippen LogP contribution in [0.3, 0.4) is 0 Å². The molecule has 1 amide bonds. The van der Waals surface area contributed by atoms with E-state index in [1.807, 2.05) is 11.8 Å². The first-order valence-electron chi connectivity index (χ1n) is 9.07. The van der Waals surface area contributed by atoms with Gasteiger partial charge in [-0.3, -0.25) is 4.79 Å². The third-order valence-corrected chi connectivity index (χ3v) is 4.44. The summed E-state index contributed by atoms with van der Waals surface area (Å²) in [5.74, 6) is 1.07. The van der Waals surface area contributed by atoms with E-state index in [1.165, 1.54) is 11.1 Å². The van der Waals surface area contributed by atoms with Gasteiger partial charge in [0.2, 0.25) is 5.91 Å². The molecule has 1 heterocycles. The first-order chi connectivity index (χ1) is 11.7. The van der Waals surface area contributed by atoms with E-state index in [-0.39, 0.29) is 11.9 Å². The molecule has 1 saturated heterocycles. The van der Waals surface area contributed by atoms with Crippen LogP contribution in [0, 0.1) is 0 Å². The number of carbonyl (C=O) groups is 1. The normalized spacial score (nSPS) is 17.9. The van der Waals surface area contributed by atoms with Crippen molar-refractivity contribution >= 4 is 11.9 Å². The number of guanidine groups is 1.